The van der Waals surface area contributed by atoms with Gasteiger partial charge in [-0.2, -0.15) is 5.10 Å². The number of esters is 1. The number of halogens is 2. The van der Waals surface area contributed by atoms with E-state index in [2.05, 4.69) is 15.8 Å². The fourth-order valence-electron chi connectivity index (χ4n) is 3.02. The van der Waals surface area contributed by atoms with Gasteiger partial charge in [-0.25, -0.2) is 10.2 Å². The molecule has 0 aromatic heterocycles. The van der Waals surface area contributed by atoms with Gasteiger partial charge in [-0.1, -0.05) is 44.0 Å². The number of anilines is 1. The third-order valence-corrected chi connectivity index (χ3v) is 5.63. The molecule has 3 aromatic rings. The molecule has 0 spiro atoms. The van der Waals surface area contributed by atoms with E-state index in [9.17, 15) is 14.4 Å². The zero-order valence-electron chi connectivity index (χ0n) is 21.3. The Morgan fingerprint density at radius 3 is 2.29 bits per heavy atom. The first-order valence-corrected chi connectivity index (χ1v) is 12.4. The lowest BCUT2D eigenvalue weighted by molar-refractivity contribution is -0.123. The number of nitrogens with one attached hydrogen (secondary N) is 2. The molecule has 2 amide bonds. The van der Waals surface area contributed by atoms with Crippen molar-refractivity contribution in [3.05, 3.63) is 87.4 Å². The fraction of sp³-hybridized carbons (Fsp3) is 0.214. The fourth-order valence-corrected chi connectivity index (χ4v) is 3.51. The van der Waals surface area contributed by atoms with Crippen LogP contribution in [0.25, 0.3) is 0 Å². The number of carbonyl (C=O) groups is 3. The van der Waals surface area contributed by atoms with Crippen LogP contribution < -0.4 is 20.2 Å². The minimum Gasteiger partial charge on any atom is -0.490 e. The van der Waals surface area contributed by atoms with Gasteiger partial charge >= 0.3 is 5.97 Å². The Morgan fingerprint density at radius 2 is 1.66 bits per heavy atom. The Bertz CT molecular complexity index is 1370. The van der Waals surface area contributed by atoms with Crippen molar-refractivity contribution < 1.29 is 23.9 Å². The highest BCUT2D eigenvalue weighted by Gasteiger charge is 2.21. The number of hydrazone groups is 1. The minimum absolute atomic E-state index is 0.125. The molecule has 0 fully saturated rings. The number of hydrogen-bond acceptors (Lipinski definition) is 6. The summed E-state index contributed by atoms with van der Waals surface area (Å²) < 4.78 is 11.1. The highest BCUT2D eigenvalue weighted by molar-refractivity contribution is 6.36. The molecule has 10 heteroatoms. The Labute approximate surface area is 230 Å². The van der Waals surface area contributed by atoms with Gasteiger partial charge in [0.25, 0.3) is 5.91 Å². The van der Waals surface area contributed by atoms with E-state index < -0.39 is 17.3 Å². The molecule has 3 rings (SSSR count). The average molecular weight is 556 g/mol. The predicted molar refractivity (Wildman–Crippen MR) is 149 cm³/mol. The van der Waals surface area contributed by atoms with Crippen LogP contribution >= 0.6 is 23.2 Å². The molecular formula is C28H27Cl2N3O5. The molecule has 3 aromatic carbocycles. The predicted octanol–water partition coefficient (Wildman–Crippen LogP) is 6.36. The Kier molecular flexibility index (Phi) is 9.50. The van der Waals surface area contributed by atoms with Gasteiger partial charge < -0.3 is 14.8 Å². The van der Waals surface area contributed by atoms with Gasteiger partial charge in [0, 0.05) is 21.7 Å². The molecule has 0 bridgehead atoms. The highest BCUT2D eigenvalue weighted by Crippen LogP contribution is 2.30. The van der Waals surface area contributed by atoms with Crippen LogP contribution in [0.2, 0.25) is 10.0 Å². The third kappa shape index (κ3) is 7.81. The summed E-state index contributed by atoms with van der Waals surface area (Å²) >= 11 is 12.0. The van der Waals surface area contributed by atoms with E-state index >= 15 is 0 Å². The SMILES string of the molecule is CCOc1cc(/C=N/NC(=O)c2ccc(NC(=O)C(C)(C)C)cc2)ccc1OC(=O)c1ccc(Cl)cc1Cl. The molecule has 0 heterocycles. The van der Waals surface area contributed by atoms with Gasteiger partial charge in [0.15, 0.2) is 11.5 Å². The number of benzene rings is 3. The summed E-state index contributed by atoms with van der Waals surface area (Å²) in [5.74, 6) is -0.701. The van der Waals surface area contributed by atoms with Gasteiger partial charge in [0.1, 0.15) is 0 Å². The van der Waals surface area contributed by atoms with Gasteiger partial charge in [0.2, 0.25) is 5.91 Å². The number of carbonyl (C=O) groups excluding carboxylic acids is 3. The molecule has 198 valence electrons. The van der Waals surface area contributed by atoms with Crippen LogP contribution in [0.15, 0.2) is 65.8 Å². The molecule has 0 unspecified atom stereocenters. The van der Waals surface area contributed by atoms with Crippen LogP contribution in [0, 0.1) is 5.41 Å². The molecule has 0 saturated heterocycles. The van der Waals surface area contributed by atoms with E-state index in [-0.39, 0.29) is 22.2 Å². The van der Waals surface area contributed by atoms with Gasteiger partial charge in [-0.05, 0) is 73.2 Å². The average Bonchev–Trinajstić information content (AvgIpc) is 2.85. The first-order valence-electron chi connectivity index (χ1n) is 11.7. The normalized spacial score (nSPS) is 11.2. The molecule has 0 aliphatic heterocycles. The maximum atomic E-state index is 12.6. The van der Waals surface area contributed by atoms with Crippen LogP contribution in [-0.2, 0) is 4.79 Å². The number of rotatable bonds is 8. The van der Waals surface area contributed by atoms with Crippen molar-refractivity contribution >= 4 is 52.9 Å². The molecule has 2 N–H and O–H groups in total. The third-order valence-electron chi connectivity index (χ3n) is 5.09. The first kappa shape index (κ1) is 28.7. The van der Waals surface area contributed by atoms with Crippen molar-refractivity contribution in [2.24, 2.45) is 10.5 Å². The summed E-state index contributed by atoms with van der Waals surface area (Å²) in [5, 5.41) is 7.37. The number of nitrogens with zero attached hydrogens (tertiary/aromatic N) is 1. The van der Waals surface area contributed by atoms with Crippen molar-refractivity contribution in [2.75, 3.05) is 11.9 Å². The molecule has 8 nitrogen and oxygen atoms in total. The van der Waals surface area contributed by atoms with Crippen LogP contribution in [-0.4, -0.2) is 30.6 Å². The monoisotopic (exact) mass is 555 g/mol. The highest BCUT2D eigenvalue weighted by atomic mass is 35.5. The summed E-state index contributed by atoms with van der Waals surface area (Å²) in [6.45, 7) is 7.57. The topological polar surface area (TPSA) is 106 Å². The second kappa shape index (κ2) is 12.6. The van der Waals surface area contributed by atoms with Crippen molar-refractivity contribution in [1.82, 2.24) is 5.43 Å². The number of ether oxygens (including phenoxy) is 2. The largest absolute Gasteiger partial charge is 0.490 e. The lowest BCUT2D eigenvalue weighted by atomic mass is 9.95. The van der Waals surface area contributed by atoms with Crippen molar-refractivity contribution in [3.63, 3.8) is 0 Å². The summed E-state index contributed by atoms with van der Waals surface area (Å²) in [5.41, 5.74) is 3.64. The second-order valence-corrected chi connectivity index (χ2v) is 9.98. The molecule has 0 saturated carbocycles. The standard InChI is InChI=1S/C28H27Cl2N3O5/c1-5-37-24-14-17(6-13-23(24)38-26(35)21-12-9-19(29)15-22(21)30)16-31-33-25(34)18-7-10-20(11-8-18)32-27(36)28(2,3)4/h6-16H,5H2,1-4H3,(H,32,36)(H,33,34)/b31-16+. The van der Waals surface area contributed by atoms with Crippen molar-refractivity contribution in [1.29, 1.82) is 0 Å². The Hall–Kier alpha value is -3.88. The summed E-state index contributed by atoms with van der Waals surface area (Å²) in [6, 6.07) is 15.8. The zero-order valence-corrected chi connectivity index (χ0v) is 22.8. The van der Waals surface area contributed by atoms with Crippen molar-refractivity contribution in [3.8, 4) is 11.5 Å². The Balaban J connectivity index is 1.65. The Morgan fingerprint density at radius 1 is 0.947 bits per heavy atom. The maximum Gasteiger partial charge on any atom is 0.345 e. The number of amides is 2. The van der Waals surface area contributed by atoms with Crippen LogP contribution in [0.4, 0.5) is 5.69 Å². The molecule has 0 atom stereocenters. The van der Waals surface area contributed by atoms with E-state index in [0.717, 1.165) is 0 Å². The first-order chi connectivity index (χ1) is 18.0. The zero-order chi connectivity index (χ0) is 27.9. The van der Waals surface area contributed by atoms with Crippen LogP contribution in [0.1, 0.15) is 54.0 Å². The van der Waals surface area contributed by atoms with E-state index in [1.165, 1.54) is 18.3 Å². The molecule has 38 heavy (non-hydrogen) atoms. The summed E-state index contributed by atoms with van der Waals surface area (Å²) in [7, 11) is 0. The van der Waals surface area contributed by atoms with Crippen LogP contribution in [0.3, 0.4) is 0 Å². The maximum absolute atomic E-state index is 12.6. The second-order valence-electron chi connectivity index (χ2n) is 9.13. The van der Waals surface area contributed by atoms with Gasteiger partial charge in [0.05, 0.1) is 23.4 Å². The molecule has 0 aliphatic rings. The van der Waals surface area contributed by atoms with E-state index in [1.807, 2.05) is 20.8 Å². The lowest BCUT2D eigenvalue weighted by Gasteiger charge is -2.17. The molecule has 0 aliphatic carbocycles. The van der Waals surface area contributed by atoms with Gasteiger partial charge in [-0.15, -0.1) is 0 Å². The van der Waals surface area contributed by atoms with E-state index in [0.29, 0.717) is 34.2 Å². The van der Waals surface area contributed by atoms with E-state index in [4.69, 9.17) is 32.7 Å². The smallest absolute Gasteiger partial charge is 0.345 e. The quantitative estimate of drug-likeness (QED) is 0.145. The summed E-state index contributed by atoms with van der Waals surface area (Å²) in [6.07, 6.45) is 1.43. The molecule has 0 radical (unpaired) electrons. The molecular weight excluding hydrogens is 529 g/mol. The van der Waals surface area contributed by atoms with Crippen molar-refractivity contribution in [2.45, 2.75) is 27.7 Å². The summed E-state index contributed by atoms with van der Waals surface area (Å²) in [4.78, 5) is 37.1. The minimum atomic E-state index is -0.662. The van der Waals surface area contributed by atoms with E-state index in [1.54, 1.807) is 55.5 Å². The van der Waals surface area contributed by atoms with Crippen LogP contribution in [0.5, 0.6) is 11.5 Å². The van der Waals surface area contributed by atoms with Gasteiger partial charge in [-0.3, -0.25) is 9.59 Å². The number of hydrogen-bond donors (Lipinski definition) is 2. The lowest BCUT2D eigenvalue weighted by Crippen LogP contribution is -2.27.